The molecule has 160 valence electrons. The zero-order valence-corrected chi connectivity index (χ0v) is 18.2. The Morgan fingerprint density at radius 2 is 1.50 bits per heavy atom. The highest BCUT2D eigenvalue weighted by Gasteiger charge is 2.22. The van der Waals surface area contributed by atoms with E-state index in [0.29, 0.717) is 11.4 Å². The van der Waals surface area contributed by atoms with Gasteiger partial charge in [0.15, 0.2) is 11.6 Å². The summed E-state index contributed by atoms with van der Waals surface area (Å²) < 4.78 is 0. The molecule has 4 rings (SSSR count). The second-order valence-electron chi connectivity index (χ2n) is 8.25. The van der Waals surface area contributed by atoms with Crippen LogP contribution in [0.4, 0.5) is 11.6 Å². The molecular formula is C23H30ClN5O. The normalized spacial score (nSPS) is 18.2. The standard InChI is InChI=1S/C23H30ClN5O/c24-20-8-4-3-7-18(20)17-23(30)25-19-11-15-29(16-12-19)22-10-9-21(26-27-22)28-13-5-1-2-6-14-28/h3-4,7-10,19H,1-2,5-6,11-17H2,(H,25,30). The van der Waals surface area contributed by atoms with E-state index in [9.17, 15) is 4.79 Å². The third-order valence-corrected chi connectivity index (χ3v) is 6.43. The first-order chi connectivity index (χ1) is 14.7. The number of piperidine rings is 1. The van der Waals surface area contributed by atoms with Gasteiger partial charge in [-0.1, -0.05) is 42.6 Å². The third-order valence-electron chi connectivity index (χ3n) is 6.06. The lowest BCUT2D eigenvalue weighted by Gasteiger charge is -2.33. The number of anilines is 2. The minimum atomic E-state index is 0.0307. The molecule has 1 aromatic carbocycles. The molecule has 7 heteroatoms. The van der Waals surface area contributed by atoms with Crippen LogP contribution >= 0.6 is 11.6 Å². The van der Waals surface area contributed by atoms with Crippen LogP contribution in [0.15, 0.2) is 36.4 Å². The number of carbonyl (C=O) groups is 1. The molecule has 0 atom stereocenters. The smallest absolute Gasteiger partial charge is 0.224 e. The number of nitrogens with zero attached hydrogens (tertiary/aromatic N) is 4. The lowest BCUT2D eigenvalue weighted by molar-refractivity contribution is -0.121. The van der Waals surface area contributed by atoms with Gasteiger partial charge in [0.25, 0.3) is 0 Å². The van der Waals surface area contributed by atoms with Gasteiger partial charge in [0.1, 0.15) is 0 Å². The van der Waals surface area contributed by atoms with E-state index >= 15 is 0 Å². The lowest BCUT2D eigenvalue weighted by Crippen LogP contribution is -2.45. The first-order valence-corrected chi connectivity index (χ1v) is 11.4. The van der Waals surface area contributed by atoms with E-state index in [2.05, 4.69) is 37.4 Å². The number of hydrogen-bond donors (Lipinski definition) is 1. The van der Waals surface area contributed by atoms with E-state index < -0.39 is 0 Å². The van der Waals surface area contributed by atoms with Crippen LogP contribution in [0.3, 0.4) is 0 Å². The quantitative estimate of drug-likeness (QED) is 0.785. The van der Waals surface area contributed by atoms with Crippen molar-refractivity contribution in [3.05, 3.63) is 47.0 Å². The molecule has 1 aromatic heterocycles. The molecule has 2 saturated heterocycles. The maximum absolute atomic E-state index is 12.4. The summed E-state index contributed by atoms with van der Waals surface area (Å²) in [5.74, 6) is 1.94. The van der Waals surface area contributed by atoms with E-state index in [1.807, 2.05) is 24.3 Å². The van der Waals surface area contributed by atoms with Crippen LogP contribution in [-0.2, 0) is 11.2 Å². The van der Waals surface area contributed by atoms with E-state index in [4.69, 9.17) is 11.6 Å². The van der Waals surface area contributed by atoms with Crippen molar-refractivity contribution >= 4 is 29.1 Å². The molecule has 2 aliphatic rings. The van der Waals surface area contributed by atoms with Gasteiger partial charge in [-0.15, -0.1) is 10.2 Å². The van der Waals surface area contributed by atoms with Gasteiger partial charge >= 0.3 is 0 Å². The predicted molar refractivity (Wildman–Crippen MR) is 121 cm³/mol. The second kappa shape index (κ2) is 10.1. The summed E-state index contributed by atoms with van der Waals surface area (Å²) in [5, 5.41) is 12.8. The van der Waals surface area contributed by atoms with Crippen molar-refractivity contribution in [3.8, 4) is 0 Å². The van der Waals surface area contributed by atoms with Crippen LogP contribution in [0.2, 0.25) is 5.02 Å². The number of carbonyl (C=O) groups excluding carboxylic acids is 1. The number of nitrogens with one attached hydrogen (secondary N) is 1. The van der Waals surface area contributed by atoms with Crippen molar-refractivity contribution < 1.29 is 4.79 Å². The van der Waals surface area contributed by atoms with Gasteiger partial charge in [-0.25, -0.2) is 0 Å². The Kier molecular flexibility index (Phi) is 7.05. The average Bonchev–Trinajstić information content (AvgIpc) is 3.06. The van der Waals surface area contributed by atoms with Crippen LogP contribution in [0.1, 0.15) is 44.1 Å². The highest BCUT2D eigenvalue weighted by molar-refractivity contribution is 6.31. The fourth-order valence-corrected chi connectivity index (χ4v) is 4.50. The fourth-order valence-electron chi connectivity index (χ4n) is 4.30. The summed E-state index contributed by atoms with van der Waals surface area (Å²) in [6, 6.07) is 11.9. The SMILES string of the molecule is O=C(Cc1ccccc1Cl)NC1CCN(c2ccc(N3CCCCCC3)nn2)CC1. The number of benzene rings is 1. The van der Waals surface area contributed by atoms with Gasteiger partial charge in [0.2, 0.25) is 5.91 Å². The third kappa shape index (κ3) is 5.42. The maximum atomic E-state index is 12.4. The van der Waals surface area contributed by atoms with Crippen molar-refractivity contribution in [2.75, 3.05) is 36.0 Å². The van der Waals surface area contributed by atoms with Crippen molar-refractivity contribution in [1.29, 1.82) is 0 Å². The highest BCUT2D eigenvalue weighted by atomic mass is 35.5. The first kappa shape index (κ1) is 20.9. The van der Waals surface area contributed by atoms with Gasteiger partial charge in [-0.05, 0) is 49.4 Å². The van der Waals surface area contributed by atoms with E-state index in [1.54, 1.807) is 0 Å². The van der Waals surface area contributed by atoms with Crippen molar-refractivity contribution in [2.45, 2.75) is 51.0 Å². The molecule has 0 radical (unpaired) electrons. The van der Waals surface area contributed by atoms with E-state index in [1.165, 1.54) is 25.7 Å². The molecular weight excluding hydrogens is 398 g/mol. The minimum absolute atomic E-state index is 0.0307. The Bertz CT molecular complexity index is 828. The Balaban J connectivity index is 1.26. The topological polar surface area (TPSA) is 61.4 Å². The van der Waals surface area contributed by atoms with Crippen LogP contribution in [0.25, 0.3) is 0 Å². The summed E-state index contributed by atoms with van der Waals surface area (Å²) >= 11 is 6.16. The molecule has 6 nitrogen and oxygen atoms in total. The summed E-state index contributed by atoms with van der Waals surface area (Å²) in [6.07, 6.45) is 7.23. The van der Waals surface area contributed by atoms with Crippen molar-refractivity contribution in [1.82, 2.24) is 15.5 Å². The second-order valence-corrected chi connectivity index (χ2v) is 8.66. The maximum Gasteiger partial charge on any atom is 0.224 e. The van der Waals surface area contributed by atoms with Crippen LogP contribution < -0.4 is 15.1 Å². The molecule has 0 unspecified atom stereocenters. The molecule has 1 N–H and O–H groups in total. The zero-order valence-electron chi connectivity index (χ0n) is 17.4. The monoisotopic (exact) mass is 427 g/mol. The number of aromatic nitrogens is 2. The average molecular weight is 428 g/mol. The fraction of sp³-hybridized carbons (Fsp3) is 0.522. The summed E-state index contributed by atoms with van der Waals surface area (Å²) in [6.45, 7) is 3.89. The Labute approximate surface area is 183 Å². The van der Waals surface area contributed by atoms with E-state index in [0.717, 1.165) is 56.2 Å². The molecule has 0 bridgehead atoms. The van der Waals surface area contributed by atoms with Crippen LogP contribution in [0.5, 0.6) is 0 Å². The summed E-state index contributed by atoms with van der Waals surface area (Å²) in [7, 11) is 0. The summed E-state index contributed by atoms with van der Waals surface area (Å²) in [5.41, 5.74) is 0.869. The molecule has 2 aromatic rings. The Hall–Kier alpha value is -2.34. The largest absolute Gasteiger partial charge is 0.355 e. The van der Waals surface area contributed by atoms with Crippen molar-refractivity contribution in [2.24, 2.45) is 0 Å². The lowest BCUT2D eigenvalue weighted by atomic mass is 10.0. The molecule has 30 heavy (non-hydrogen) atoms. The number of amides is 1. The van der Waals surface area contributed by atoms with Gasteiger partial charge in [0, 0.05) is 37.2 Å². The van der Waals surface area contributed by atoms with Crippen LogP contribution in [0, 0.1) is 0 Å². The molecule has 0 spiro atoms. The first-order valence-electron chi connectivity index (χ1n) is 11.1. The Morgan fingerprint density at radius 1 is 0.900 bits per heavy atom. The van der Waals surface area contributed by atoms with Gasteiger partial charge in [-0.2, -0.15) is 0 Å². The number of halogens is 1. The Morgan fingerprint density at radius 3 is 2.10 bits per heavy atom. The minimum Gasteiger partial charge on any atom is -0.355 e. The molecule has 2 fully saturated rings. The molecule has 0 aliphatic carbocycles. The van der Waals surface area contributed by atoms with Gasteiger partial charge in [0.05, 0.1) is 6.42 Å². The van der Waals surface area contributed by atoms with Gasteiger partial charge < -0.3 is 15.1 Å². The molecule has 3 heterocycles. The highest BCUT2D eigenvalue weighted by Crippen LogP contribution is 2.22. The number of hydrogen-bond acceptors (Lipinski definition) is 5. The molecule has 2 aliphatic heterocycles. The molecule has 1 amide bonds. The van der Waals surface area contributed by atoms with Gasteiger partial charge in [-0.3, -0.25) is 4.79 Å². The summed E-state index contributed by atoms with van der Waals surface area (Å²) in [4.78, 5) is 17.0. The van der Waals surface area contributed by atoms with Crippen LogP contribution in [-0.4, -0.2) is 48.3 Å². The predicted octanol–water partition coefficient (Wildman–Crippen LogP) is 3.84. The zero-order chi connectivity index (χ0) is 20.8. The van der Waals surface area contributed by atoms with E-state index in [-0.39, 0.29) is 11.9 Å². The van der Waals surface area contributed by atoms with Crippen molar-refractivity contribution in [3.63, 3.8) is 0 Å². The number of rotatable bonds is 5. The molecule has 0 saturated carbocycles.